The largest absolute Gasteiger partial charge is 0.488 e. The Morgan fingerprint density at radius 2 is 1.69 bits per heavy atom. The molecule has 242 valence electrons. The molecule has 0 bridgehead atoms. The summed E-state index contributed by atoms with van der Waals surface area (Å²) in [6, 6.07) is 15.3. The number of nitrogens with one attached hydrogen (secondary N) is 2. The molecule has 1 aliphatic heterocycles. The Morgan fingerprint density at radius 3 is 2.31 bits per heavy atom. The van der Waals surface area contributed by atoms with Crippen LogP contribution >= 0.6 is 0 Å². The van der Waals surface area contributed by atoms with E-state index < -0.39 is 39.9 Å². The summed E-state index contributed by atoms with van der Waals surface area (Å²) in [7, 11) is -2.40. The van der Waals surface area contributed by atoms with Gasteiger partial charge in [-0.1, -0.05) is 25.1 Å². The van der Waals surface area contributed by atoms with Crippen LogP contribution in [0, 0.1) is 5.92 Å². The number of fused-ring (bicyclic) bond motifs is 1. The summed E-state index contributed by atoms with van der Waals surface area (Å²) in [6.45, 7) is 3.41. The highest BCUT2D eigenvalue weighted by Crippen LogP contribution is 2.31. The number of carbonyl (C=O) groups excluding carboxylic acids is 2. The van der Waals surface area contributed by atoms with Crippen molar-refractivity contribution in [2.24, 2.45) is 5.92 Å². The van der Waals surface area contributed by atoms with Gasteiger partial charge in [0.15, 0.2) is 0 Å². The highest BCUT2D eigenvalue weighted by Gasteiger charge is 2.34. The van der Waals surface area contributed by atoms with E-state index >= 15 is 0 Å². The molecule has 3 N–H and O–H groups in total. The zero-order valence-electron chi connectivity index (χ0n) is 24.9. The molecule has 3 amide bonds. The van der Waals surface area contributed by atoms with Gasteiger partial charge in [0.25, 0.3) is 0 Å². The van der Waals surface area contributed by atoms with E-state index in [1.807, 2.05) is 6.92 Å². The minimum absolute atomic E-state index is 0.0388. The lowest BCUT2D eigenvalue weighted by Crippen LogP contribution is -2.48. The predicted octanol–water partition coefficient (Wildman–Crippen LogP) is 4.82. The number of ether oxygens (including phenoxy) is 1. The van der Waals surface area contributed by atoms with Crippen LogP contribution in [0.4, 0.5) is 29.3 Å². The fraction of sp³-hybridized carbons (Fsp3) is 0.355. The first-order chi connectivity index (χ1) is 21.2. The Hall–Kier alpha value is -4.14. The molecule has 0 saturated carbocycles. The molecule has 0 aromatic heterocycles. The summed E-state index contributed by atoms with van der Waals surface area (Å²) in [5, 5.41) is 14.9. The van der Waals surface area contributed by atoms with Crippen LogP contribution in [0.3, 0.4) is 0 Å². The lowest BCUT2D eigenvalue weighted by Gasteiger charge is -2.33. The minimum Gasteiger partial charge on any atom is -0.488 e. The van der Waals surface area contributed by atoms with E-state index in [2.05, 4.69) is 10.6 Å². The van der Waals surface area contributed by atoms with E-state index in [4.69, 9.17) is 4.74 Å². The summed E-state index contributed by atoms with van der Waals surface area (Å²) in [4.78, 5) is 27.7. The van der Waals surface area contributed by atoms with Crippen molar-refractivity contribution in [2.75, 3.05) is 37.4 Å². The Balaban J connectivity index is 1.58. The van der Waals surface area contributed by atoms with Crippen LogP contribution < -0.4 is 15.4 Å². The van der Waals surface area contributed by atoms with E-state index in [9.17, 15) is 36.3 Å². The molecule has 0 saturated heterocycles. The molecule has 0 fully saturated rings. The zero-order valence-corrected chi connectivity index (χ0v) is 25.7. The SMILES string of the molecule is C[C@H]1CN([C@@H](C)CO)C(=O)Cc2cc(NC(=O)Nc3ccc(C(F)(F)F)cc3)ccc2O[C@@H]1CN(C)S(=O)(=O)c1ccccc1. The van der Waals surface area contributed by atoms with E-state index in [0.717, 1.165) is 24.3 Å². The second-order valence-corrected chi connectivity index (χ2v) is 13.0. The second kappa shape index (κ2) is 13.9. The van der Waals surface area contributed by atoms with Gasteiger partial charge in [-0.25, -0.2) is 13.2 Å². The fourth-order valence-corrected chi connectivity index (χ4v) is 6.09. The van der Waals surface area contributed by atoms with Gasteiger partial charge in [-0.3, -0.25) is 4.79 Å². The number of aliphatic hydroxyl groups excluding tert-OH is 1. The monoisotopic (exact) mass is 648 g/mol. The second-order valence-electron chi connectivity index (χ2n) is 11.0. The third-order valence-corrected chi connectivity index (χ3v) is 9.37. The standard InChI is InChI=1S/C31H35F3N4O6S/c1-20-17-38(21(2)19-39)29(40)16-22-15-25(36-30(41)35-24-11-9-23(10-12-24)31(32,33)34)13-14-27(22)44-28(20)18-37(3)45(42,43)26-7-5-4-6-8-26/h4-15,20-21,28,39H,16-19H2,1-3H3,(H2,35,36,41)/t20-,21-,28+/m0/s1. The fourth-order valence-electron chi connectivity index (χ4n) is 4.89. The molecule has 0 unspecified atom stereocenters. The molecule has 3 aromatic rings. The van der Waals surface area contributed by atoms with Crippen molar-refractivity contribution in [3.63, 3.8) is 0 Å². The number of likely N-dealkylation sites (N-methyl/N-ethyl adjacent to an activating group) is 1. The zero-order chi connectivity index (χ0) is 32.9. The molecule has 10 nitrogen and oxygen atoms in total. The van der Waals surface area contributed by atoms with Crippen molar-refractivity contribution in [1.29, 1.82) is 0 Å². The maximum absolute atomic E-state index is 13.4. The molecule has 3 aromatic carbocycles. The van der Waals surface area contributed by atoms with Gasteiger partial charge in [0, 0.05) is 36.4 Å². The molecule has 0 spiro atoms. The lowest BCUT2D eigenvalue weighted by molar-refractivity contribution is -0.137. The molecule has 14 heteroatoms. The summed E-state index contributed by atoms with van der Waals surface area (Å²) in [6.07, 6.45) is -5.34. The summed E-state index contributed by atoms with van der Waals surface area (Å²) < 4.78 is 72.7. The van der Waals surface area contributed by atoms with Crippen molar-refractivity contribution in [3.05, 3.63) is 83.9 Å². The lowest BCUT2D eigenvalue weighted by atomic mass is 10.0. The maximum atomic E-state index is 13.4. The first-order valence-corrected chi connectivity index (χ1v) is 15.6. The molecular weight excluding hydrogens is 613 g/mol. The van der Waals surface area contributed by atoms with E-state index in [1.165, 1.54) is 34.5 Å². The summed E-state index contributed by atoms with van der Waals surface area (Å²) in [5.74, 6) is -0.335. The topological polar surface area (TPSA) is 128 Å². The van der Waals surface area contributed by atoms with E-state index in [-0.39, 0.29) is 54.2 Å². The highest BCUT2D eigenvalue weighted by atomic mass is 32.2. The van der Waals surface area contributed by atoms with Gasteiger partial charge in [-0.15, -0.1) is 0 Å². The van der Waals surface area contributed by atoms with Gasteiger partial charge in [-0.2, -0.15) is 17.5 Å². The highest BCUT2D eigenvalue weighted by molar-refractivity contribution is 7.89. The van der Waals surface area contributed by atoms with E-state index in [1.54, 1.807) is 37.3 Å². The normalized spacial score (nSPS) is 18.2. The van der Waals surface area contributed by atoms with Crippen molar-refractivity contribution in [2.45, 2.75) is 43.5 Å². The molecule has 0 aliphatic carbocycles. The Kier molecular flexibility index (Phi) is 10.4. The number of hydrogen-bond acceptors (Lipinski definition) is 6. The first kappa shape index (κ1) is 33.7. The number of halogens is 3. The van der Waals surface area contributed by atoms with Gasteiger partial charge >= 0.3 is 12.2 Å². The van der Waals surface area contributed by atoms with Crippen LogP contribution in [-0.2, 0) is 27.4 Å². The number of rotatable bonds is 8. The minimum atomic E-state index is -4.51. The van der Waals surface area contributed by atoms with Crippen LogP contribution in [-0.4, -0.2) is 73.6 Å². The Labute approximate surface area is 259 Å². The first-order valence-electron chi connectivity index (χ1n) is 14.2. The van der Waals surface area contributed by atoms with Crippen LogP contribution in [0.25, 0.3) is 0 Å². The smallest absolute Gasteiger partial charge is 0.416 e. The van der Waals surface area contributed by atoms with Crippen molar-refractivity contribution in [1.82, 2.24) is 9.21 Å². The summed E-state index contributed by atoms with van der Waals surface area (Å²) in [5.41, 5.74) is -0.0161. The molecule has 0 radical (unpaired) electrons. The van der Waals surface area contributed by atoms with Gasteiger partial charge in [0.2, 0.25) is 15.9 Å². The van der Waals surface area contributed by atoms with Gasteiger partial charge < -0.3 is 25.4 Å². The maximum Gasteiger partial charge on any atom is 0.416 e. The number of benzene rings is 3. The quantitative estimate of drug-likeness (QED) is 0.322. The van der Waals surface area contributed by atoms with Crippen LogP contribution in [0.1, 0.15) is 25.0 Å². The number of anilines is 2. The van der Waals surface area contributed by atoms with Crippen LogP contribution in [0.15, 0.2) is 77.7 Å². The van der Waals surface area contributed by atoms with Gasteiger partial charge in [-0.05, 0) is 61.5 Å². The third-order valence-electron chi connectivity index (χ3n) is 7.53. The summed E-state index contributed by atoms with van der Waals surface area (Å²) >= 11 is 0. The molecule has 1 heterocycles. The van der Waals surface area contributed by atoms with Crippen molar-refractivity contribution >= 4 is 33.3 Å². The number of nitrogens with zero attached hydrogens (tertiary/aromatic N) is 2. The molecule has 4 rings (SSSR count). The molecule has 45 heavy (non-hydrogen) atoms. The van der Waals surface area contributed by atoms with Crippen LogP contribution in [0.2, 0.25) is 0 Å². The molecule has 3 atom stereocenters. The number of hydrogen-bond donors (Lipinski definition) is 3. The third kappa shape index (κ3) is 8.32. The predicted molar refractivity (Wildman–Crippen MR) is 162 cm³/mol. The number of alkyl halides is 3. The molecule has 1 aliphatic rings. The van der Waals surface area contributed by atoms with Crippen molar-refractivity contribution < 1.29 is 41.0 Å². The van der Waals surface area contributed by atoms with Gasteiger partial charge in [0.05, 0.1) is 36.1 Å². The number of amides is 3. The average molecular weight is 649 g/mol. The van der Waals surface area contributed by atoms with Crippen molar-refractivity contribution in [3.8, 4) is 5.75 Å². The number of sulfonamides is 1. The average Bonchev–Trinajstić information content (AvgIpc) is 3.04. The number of aliphatic hydroxyl groups is 1. The van der Waals surface area contributed by atoms with Crippen LogP contribution in [0.5, 0.6) is 5.75 Å². The van der Waals surface area contributed by atoms with E-state index in [0.29, 0.717) is 11.3 Å². The Bertz CT molecular complexity index is 1600. The Morgan fingerprint density at radius 1 is 1.07 bits per heavy atom. The molecular formula is C31H35F3N4O6S. The number of carbonyl (C=O) groups is 2. The number of urea groups is 1. The van der Waals surface area contributed by atoms with Gasteiger partial charge in [0.1, 0.15) is 11.9 Å².